The minimum absolute atomic E-state index is 0.238. The predicted octanol–water partition coefficient (Wildman–Crippen LogP) is 4.47. The van der Waals surface area contributed by atoms with Crippen molar-refractivity contribution in [2.75, 3.05) is 17.2 Å². The van der Waals surface area contributed by atoms with Gasteiger partial charge in [-0.2, -0.15) is 0 Å². The first kappa shape index (κ1) is 22.2. The number of nitrogens with zero attached hydrogens (tertiary/aromatic N) is 2. The van der Waals surface area contributed by atoms with Crippen molar-refractivity contribution in [3.63, 3.8) is 0 Å². The topological polar surface area (TPSA) is 69.7 Å². The van der Waals surface area contributed by atoms with Gasteiger partial charge in [-0.3, -0.25) is 14.5 Å². The molecule has 172 valence electrons. The van der Waals surface area contributed by atoms with Gasteiger partial charge in [-0.15, -0.1) is 11.8 Å². The van der Waals surface area contributed by atoms with Crippen LogP contribution in [0.1, 0.15) is 24.1 Å². The molecule has 0 saturated carbocycles. The van der Waals surface area contributed by atoms with E-state index in [1.807, 2.05) is 54.6 Å². The summed E-state index contributed by atoms with van der Waals surface area (Å²) in [6.45, 7) is 1.16. The summed E-state index contributed by atoms with van der Waals surface area (Å²) >= 11 is 1.67. The van der Waals surface area contributed by atoms with E-state index in [0.29, 0.717) is 11.3 Å². The first-order valence-electron chi connectivity index (χ1n) is 10.9. The Balaban J connectivity index is 1.45. The smallest absolute Gasteiger partial charge is 0.319 e. The number of imide groups is 1. The van der Waals surface area contributed by atoms with Crippen LogP contribution < -0.4 is 10.2 Å². The number of benzene rings is 3. The van der Waals surface area contributed by atoms with E-state index in [2.05, 4.69) is 5.32 Å². The predicted molar refractivity (Wildman–Crippen MR) is 128 cm³/mol. The SMILES string of the molecule is CC1(c2ccc(F)cc2)NC(=O)N(CC(=O)N2c3ccccc3SCC2c2ccccc2)C1=O. The standard InChI is InChI=1S/C26H22FN3O3S/c1-26(18-11-13-19(27)14-12-18)24(32)29(25(33)28-26)15-23(31)30-20-9-5-6-10-22(20)34-16-21(30)17-7-3-2-4-8-17/h2-14,21H,15-16H2,1H3,(H,28,33). The molecule has 1 saturated heterocycles. The Morgan fingerprint density at radius 3 is 2.44 bits per heavy atom. The van der Waals surface area contributed by atoms with Crippen LogP contribution in [0.3, 0.4) is 0 Å². The number of thioether (sulfide) groups is 1. The van der Waals surface area contributed by atoms with Gasteiger partial charge in [0.2, 0.25) is 5.91 Å². The van der Waals surface area contributed by atoms with Gasteiger partial charge in [0, 0.05) is 10.6 Å². The maximum atomic E-state index is 13.7. The molecule has 4 amide bonds. The highest BCUT2D eigenvalue weighted by Gasteiger charge is 2.50. The second-order valence-corrected chi connectivity index (χ2v) is 9.48. The van der Waals surface area contributed by atoms with E-state index in [1.165, 1.54) is 24.3 Å². The molecule has 34 heavy (non-hydrogen) atoms. The van der Waals surface area contributed by atoms with Gasteiger partial charge >= 0.3 is 6.03 Å². The van der Waals surface area contributed by atoms with E-state index < -0.39 is 29.8 Å². The van der Waals surface area contributed by atoms with Crippen molar-refractivity contribution < 1.29 is 18.8 Å². The Morgan fingerprint density at radius 2 is 1.71 bits per heavy atom. The van der Waals surface area contributed by atoms with Crippen LogP contribution in [0, 0.1) is 5.82 Å². The van der Waals surface area contributed by atoms with Crippen LogP contribution in [0.15, 0.2) is 83.8 Å². The molecule has 6 nitrogen and oxygen atoms in total. The number of carbonyl (C=O) groups is 3. The van der Waals surface area contributed by atoms with Crippen molar-refractivity contribution in [2.45, 2.75) is 23.4 Å². The summed E-state index contributed by atoms with van der Waals surface area (Å²) < 4.78 is 13.4. The van der Waals surface area contributed by atoms with Crippen molar-refractivity contribution in [3.8, 4) is 0 Å². The monoisotopic (exact) mass is 475 g/mol. The quantitative estimate of drug-likeness (QED) is 0.565. The summed E-state index contributed by atoms with van der Waals surface area (Å²) in [5, 5.41) is 2.68. The van der Waals surface area contributed by atoms with E-state index in [9.17, 15) is 18.8 Å². The summed E-state index contributed by atoms with van der Waals surface area (Å²) in [7, 11) is 0. The van der Waals surface area contributed by atoms with Gasteiger partial charge in [-0.05, 0) is 42.3 Å². The van der Waals surface area contributed by atoms with Crippen molar-refractivity contribution in [2.24, 2.45) is 0 Å². The fourth-order valence-corrected chi connectivity index (χ4v) is 5.62. The number of rotatable bonds is 4. The third-order valence-corrected chi connectivity index (χ3v) is 7.41. The Hall–Kier alpha value is -3.65. The summed E-state index contributed by atoms with van der Waals surface area (Å²) in [5.41, 5.74) is 0.806. The molecular weight excluding hydrogens is 453 g/mol. The average Bonchev–Trinajstić information content (AvgIpc) is 3.07. The van der Waals surface area contributed by atoms with Crippen molar-refractivity contribution >= 4 is 35.3 Å². The second kappa shape index (κ2) is 8.61. The highest BCUT2D eigenvalue weighted by atomic mass is 32.2. The molecule has 2 atom stereocenters. The molecular formula is C26H22FN3O3S. The zero-order valence-corrected chi connectivity index (χ0v) is 19.2. The third-order valence-electron chi connectivity index (χ3n) is 6.28. The lowest BCUT2D eigenvalue weighted by Gasteiger charge is -2.37. The summed E-state index contributed by atoms with van der Waals surface area (Å²) in [5.74, 6) is -0.688. The summed E-state index contributed by atoms with van der Waals surface area (Å²) in [4.78, 5) is 43.4. The van der Waals surface area contributed by atoms with Crippen LogP contribution >= 0.6 is 11.8 Å². The molecule has 0 bridgehead atoms. The minimum atomic E-state index is -1.38. The highest BCUT2D eigenvalue weighted by Crippen LogP contribution is 2.43. The fraction of sp³-hybridized carbons (Fsp3) is 0.192. The van der Waals surface area contributed by atoms with Gasteiger partial charge in [-0.1, -0.05) is 54.6 Å². The van der Waals surface area contributed by atoms with E-state index in [-0.39, 0.29) is 11.9 Å². The lowest BCUT2D eigenvalue weighted by Crippen LogP contribution is -2.47. The third kappa shape index (κ3) is 3.74. The first-order valence-corrected chi connectivity index (χ1v) is 11.9. The van der Waals surface area contributed by atoms with Crippen LogP contribution in [0.2, 0.25) is 0 Å². The number of para-hydroxylation sites is 1. The molecule has 1 N–H and O–H groups in total. The zero-order chi connectivity index (χ0) is 23.9. The van der Waals surface area contributed by atoms with E-state index >= 15 is 0 Å². The van der Waals surface area contributed by atoms with E-state index in [4.69, 9.17) is 0 Å². The average molecular weight is 476 g/mol. The Morgan fingerprint density at radius 1 is 1.03 bits per heavy atom. The largest absolute Gasteiger partial charge is 0.325 e. The number of anilines is 1. The molecule has 2 heterocycles. The number of urea groups is 1. The molecule has 1 fully saturated rings. The molecule has 0 spiro atoms. The maximum absolute atomic E-state index is 13.7. The van der Waals surface area contributed by atoms with Gasteiger partial charge in [0.1, 0.15) is 17.9 Å². The molecule has 0 aliphatic carbocycles. The van der Waals surface area contributed by atoms with Gasteiger partial charge in [0.15, 0.2) is 0 Å². The minimum Gasteiger partial charge on any atom is -0.319 e. The molecule has 5 rings (SSSR count). The second-order valence-electron chi connectivity index (χ2n) is 8.42. The van der Waals surface area contributed by atoms with Gasteiger partial charge in [0.25, 0.3) is 5.91 Å². The lowest BCUT2D eigenvalue weighted by atomic mass is 9.92. The molecule has 2 aliphatic heterocycles. The van der Waals surface area contributed by atoms with Crippen LogP contribution in [0.4, 0.5) is 14.9 Å². The Kier molecular flexibility index (Phi) is 5.61. The number of halogens is 1. The molecule has 0 radical (unpaired) electrons. The number of hydrogen-bond donors (Lipinski definition) is 1. The van der Waals surface area contributed by atoms with Gasteiger partial charge in [-0.25, -0.2) is 9.18 Å². The molecule has 8 heteroatoms. The van der Waals surface area contributed by atoms with Crippen molar-refractivity contribution in [1.29, 1.82) is 0 Å². The van der Waals surface area contributed by atoms with Crippen LogP contribution in [-0.4, -0.2) is 35.0 Å². The molecule has 2 aliphatic rings. The number of fused-ring (bicyclic) bond motifs is 1. The van der Waals surface area contributed by atoms with E-state index in [0.717, 1.165) is 21.0 Å². The first-order chi connectivity index (χ1) is 16.4. The number of nitrogens with one attached hydrogen (secondary N) is 1. The maximum Gasteiger partial charge on any atom is 0.325 e. The molecule has 2 unspecified atom stereocenters. The molecule has 3 aromatic carbocycles. The van der Waals surface area contributed by atoms with Crippen LogP contribution in [0.5, 0.6) is 0 Å². The van der Waals surface area contributed by atoms with Crippen LogP contribution in [-0.2, 0) is 15.1 Å². The number of amides is 4. The molecule has 3 aromatic rings. The number of hydrogen-bond acceptors (Lipinski definition) is 4. The highest BCUT2D eigenvalue weighted by molar-refractivity contribution is 7.99. The molecule has 0 aromatic heterocycles. The normalized spacial score (nSPS) is 21.9. The van der Waals surface area contributed by atoms with Gasteiger partial charge in [0.05, 0.1) is 11.7 Å². The van der Waals surface area contributed by atoms with Crippen LogP contribution in [0.25, 0.3) is 0 Å². The summed E-state index contributed by atoms with van der Waals surface area (Å²) in [6.07, 6.45) is 0. The fourth-order valence-electron chi connectivity index (χ4n) is 4.45. The number of carbonyl (C=O) groups excluding carboxylic acids is 3. The van der Waals surface area contributed by atoms with Crippen molar-refractivity contribution in [3.05, 3.63) is 95.8 Å². The summed E-state index contributed by atoms with van der Waals surface area (Å²) in [6, 6.07) is 21.8. The van der Waals surface area contributed by atoms with Gasteiger partial charge < -0.3 is 10.2 Å². The Bertz CT molecular complexity index is 1270. The Labute approximate surface area is 200 Å². The lowest BCUT2D eigenvalue weighted by molar-refractivity contribution is -0.134. The zero-order valence-electron chi connectivity index (χ0n) is 18.4. The van der Waals surface area contributed by atoms with Crippen molar-refractivity contribution in [1.82, 2.24) is 10.2 Å². The van der Waals surface area contributed by atoms with E-state index in [1.54, 1.807) is 23.6 Å².